The molecular weight excluding hydrogens is 414 g/mol. The summed E-state index contributed by atoms with van der Waals surface area (Å²) in [5, 5.41) is 5.55. The molecule has 1 atom stereocenters. The van der Waals surface area contributed by atoms with Crippen LogP contribution >= 0.6 is 0 Å². The molecule has 1 aromatic carbocycles. The van der Waals surface area contributed by atoms with Gasteiger partial charge in [-0.2, -0.15) is 0 Å². The van der Waals surface area contributed by atoms with Crippen molar-refractivity contribution in [3.05, 3.63) is 42.1 Å². The topological polar surface area (TPSA) is 129 Å². The number of carbonyl (C=O) groups excluding carboxylic acids is 5. The van der Waals surface area contributed by atoms with Crippen molar-refractivity contribution < 1.29 is 24.0 Å². The number of rotatable bonds is 7. The normalized spacial score (nSPS) is 15.3. The van der Waals surface area contributed by atoms with Crippen LogP contribution in [0, 0.1) is 0 Å². The number of ketones is 1. The van der Waals surface area contributed by atoms with Crippen LogP contribution in [-0.2, 0) is 19.2 Å². The number of likely N-dealkylation sites (tertiary alicyclic amines) is 1. The Balaban J connectivity index is 1.59. The number of nitrogens with one attached hydrogen (secondary N) is 2. The van der Waals surface area contributed by atoms with Crippen molar-refractivity contribution in [1.82, 2.24) is 25.4 Å². The predicted molar refractivity (Wildman–Crippen MR) is 116 cm³/mol. The number of nitrogens with zero attached hydrogens (tertiary/aromatic N) is 3. The summed E-state index contributed by atoms with van der Waals surface area (Å²) in [6.45, 7) is -0.290. The van der Waals surface area contributed by atoms with E-state index < -0.39 is 29.5 Å². The first-order chi connectivity index (χ1) is 15.3. The highest BCUT2D eigenvalue weighted by Gasteiger charge is 2.37. The van der Waals surface area contributed by atoms with E-state index in [0.29, 0.717) is 35.9 Å². The maximum absolute atomic E-state index is 12.7. The fraction of sp³-hybridized carbons (Fsp3) is 0.364. The molecule has 10 heteroatoms. The minimum Gasteiger partial charge on any atom is -0.347 e. The Morgan fingerprint density at radius 1 is 1.06 bits per heavy atom. The molecule has 0 radical (unpaired) electrons. The van der Waals surface area contributed by atoms with E-state index in [-0.39, 0.29) is 19.0 Å². The summed E-state index contributed by atoms with van der Waals surface area (Å²) in [6, 6.07) is 7.84. The van der Waals surface area contributed by atoms with Crippen LogP contribution in [-0.4, -0.2) is 84.0 Å². The lowest BCUT2D eigenvalue weighted by Crippen LogP contribution is -2.50. The largest absolute Gasteiger partial charge is 0.347 e. The van der Waals surface area contributed by atoms with Gasteiger partial charge in [-0.15, -0.1) is 0 Å². The molecule has 4 amide bonds. The van der Waals surface area contributed by atoms with Gasteiger partial charge in [0.15, 0.2) is 0 Å². The van der Waals surface area contributed by atoms with Crippen molar-refractivity contribution in [2.45, 2.75) is 18.9 Å². The summed E-state index contributed by atoms with van der Waals surface area (Å²) in [6.07, 6.45) is 2.44. The van der Waals surface area contributed by atoms with Crippen molar-refractivity contribution in [2.24, 2.45) is 0 Å². The van der Waals surface area contributed by atoms with Crippen LogP contribution in [0.2, 0.25) is 0 Å². The molecule has 0 saturated carbocycles. The van der Waals surface area contributed by atoms with Crippen LogP contribution in [0.5, 0.6) is 0 Å². The molecule has 10 nitrogen and oxygen atoms in total. The lowest BCUT2D eigenvalue weighted by Gasteiger charge is -2.23. The van der Waals surface area contributed by atoms with Crippen molar-refractivity contribution >= 4 is 40.3 Å². The Morgan fingerprint density at radius 2 is 1.81 bits per heavy atom. The third-order valence-electron chi connectivity index (χ3n) is 5.29. The van der Waals surface area contributed by atoms with E-state index in [0.717, 1.165) is 0 Å². The Morgan fingerprint density at radius 3 is 2.56 bits per heavy atom. The second-order valence-corrected chi connectivity index (χ2v) is 7.64. The third-order valence-corrected chi connectivity index (χ3v) is 5.29. The van der Waals surface area contributed by atoms with Crippen LogP contribution < -0.4 is 10.6 Å². The van der Waals surface area contributed by atoms with Gasteiger partial charge in [0.25, 0.3) is 11.8 Å². The Bertz CT molecular complexity index is 1060. The number of pyridine rings is 1. The summed E-state index contributed by atoms with van der Waals surface area (Å²) < 4.78 is 0. The quantitative estimate of drug-likeness (QED) is 0.572. The maximum atomic E-state index is 12.7. The van der Waals surface area contributed by atoms with Gasteiger partial charge in [0.2, 0.25) is 17.6 Å². The molecule has 1 saturated heterocycles. The minimum absolute atomic E-state index is 0.297. The molecule has 3 rings (SSSR count). The summed E-state index contributed by atoms with van der Waals surface area (Å²) in [5.74, 6) is -2.91. The number of carbonyl (C=O) groups is 5. The summed E-state index contributed by atoms with van der Waals surface area (Å²) in [5.41, 5.74) is 1.05. The molecule has 1 aromatic heterocycles. The number of likely N-dealkylation sites (N-methyl/N-ethyl adjacent to an activating group) is 1. The zero-order valence-electron chi connectivity index (χ0n) is 18.0. The van der Waals surface area contributed by atoms with Gasteiger partial charge >= 0.3 is 0 Å². The van der Waals surface area contributed by atoms with Crippen LogP contribution in [0.1, 0.15) is 23.2 Å². The van der Waals surface area contributed by atoms with Crippen LogP contribution in [0.25, 0.3) is 10.9 Å². The number of hydrogen-bond donors (Lipinski definition) is 2. The van der Waals surface area contributed by atoms with Crippen LogP contribution in [0.3, 0.4) is 0 Å². The minimum atomic E-state index is -0.907. The van der Waals surface area contributed by atoms with Gasteiger partial charge in [0.05, 0.1) is 24.2 Å². The molecule has 168 valence electrons. The zero-order chi connectivity index (χ0) is 23.3. The molecule has 0 spiro atoms. The number of hydrogen-bond acceptors (Lipinski definition) is 6. The molecular formula is C22H25N5O5. The van der Waals surface area contributed by atoms with Gasteiger partial charge in [-0.1, -0.05) is 18.2 Å². The first kappa shape index (κ1) is 22.9. The van der Waals surface area contributed by atoms with E-state index in [2.05, 4.69) is 15.6 Å². The fourth-order valence-corrected chi connectivity index (χ4v) is 3.54. The predicted octanol–water partition coefficient (Wildman–Crippen LogP) is -0.271. The highest BCUT2D eigenvalue weighted by Crippen LogP contribution is 2.19. The average molecular weight is 439 g/mol. The second-order valence-electron chi connectivity index (χ2n) is 7.64. The molecule has 1 aliphatic heterocycles. The van der Waals surface area contributed by atoms with Gasteiger partial charge in [0.1, 0.15) is 6.04 Å². The monoisotopic (exact) mass is 439 g/mol. The average Bonchev–Trinajstić information content (AvgIpc) is 3.29. The first-order valence-corrected chi connectivity index (χ1v) is 10.2. The van der Waals surface area contributed by atoms with Crippen molar-refractivity contribution in [2.75, 3.05) is 33.7 Å². The van der Waals surface area contributed by atoms with E-state index in [1.165, 1.54) is 30.1 Å². The standard InChI is InChI=1S/C22H25N5O5/c1-26(2)18(28)12-25-22(32)20(30)17-8-5-11-27(17)19(29)13-24-21(31)15-9-10-23-16-7-4-3-6-14(15)16/h3-4,6-7,9-10,17H,5,8,11-13H2,1-2H3,(H,24,31)(H,25,32). The molecule has 1 unspecified atom stereocenters. The third kappa shape index (κ3) is 5.08. The Kier molecular flexibility index (Phi) is 7.14. The van der Waals surface area contributed by atoms with Gasteiger partial charge in [0, 0.05) is 32.2 Å². The highest BCUT2D eigenvalue weighted by atomic mass is 16.2. The van der Waals surface area contributed by atoms with Crippen LogP contribution in [0.4, 0.5) is 0 Å². The van der Waals surface area contributed by atoms with Crippen molar-refractivity contribution in [3.63, 3.8) is 0 Å². The molecule has 0 bridgehead atoms. The van der Waals surface area contributed by atoms with Crippen molar-refractivity contribution in [1.29, 1.82) is 0 Å². The van der Waals surface area contributed by atoms with Gasteiger partial charge in [-0.25, -0.2) is 0 Å². The lowest BCUT2D eigenvalue weighted by atomic mass is 10.1. The Hall–Kier alpha value is -3.82. The SMILES string of the molecule is CN(C)C(=O)CNC(=O)C(=O)C1CCCN1C(=O)CNC(=O)c1ccnc2ccccc12. The van der Waals surface area contributed by atoms with Crippen molar-refractivity contribution in [3.8, 4) is 0 Å². The van der Waals surface area contributed by atoms with E-state index >= 15 is 0 Å². The number of fused-ring (bicyclic) bond motifs is 1. The van der Waals surface area contributed by atoms with Gasteiger partial charge < -0.3 is 20.4 Å². The molecule has 1 aliphatic rings. The van der Waals surface area contributed by atoms with Gasteiger partial charge in [-0.05, 0) is 25.0 Å². The molecule has 32 heavy (non-hydrogen) atoms. The molecule has 2 heterocycles. The maximum Gasteiger partial charge on any atom is 0.290 e. The fourth-order valence-electron chi connectivity index (χ4n) is 3.54. The number of benzene rings is 1. The number of aromatic nitrogens is 1. The van der Waals surface area contributed by atoms with Crippen LogP contribution in [0.15, 0.2) is 36.5 Å². The van der Waals surface area contributed by atoms with E-state index in [9.17, 15) is 24.0 Å². The van der Waals surface area contributed by atoms with E-state index in [4.69, 9.17) is 0 Å². The summed E-state index contributed by atoms with van der Waals surface area (Å²) in [7, 11) is 3.08. The molecule has 2 aromatic rings. The number of para-hydroxylation sites is 1. The summed E-state index contributed by atoms with van der Waals surface area (Å²) >= 11 is 0. The number of amides is 4. The smallest absolute Gasteiger partial charge is 0.290 e. The highest BCUT2D eigenvalue weighted by molar-refractivity contribution is 6.38. The van der Waals surface area contributed by atoms with E-state index in [1.54, 1.807) is 24.3 Å². The molecule has 2 N–H and O–H groups in total. The second kappa shape index (κ2) is 9.99. The van der Waals surface area contributed by atoms with Gasteiger partial charge in [-0.3, -0.25) is 29.0 Å². The number of Topliss-reactive ketones (excluding diaryl/α,β-unsaturated/α-hetero) is 1. The molecule has 1 fully saturated rings. The van der Waals surface area contributed by atoms with E-state index in [1.807, 2.05) is 6.07 Å². The molecule has 0 aliphatic carbocycles. The zero-order valence-corrected chi connectivity index (χ0v) is 18.0. The summed E-state index contributed by atoms with van der Waals surface area (Å²) in [4.78, 5) is 68.4. The Labute approximate surface area is 184 Å². The lowest BCUT2D eigenvalue weighted by molar-refractivity contribution is -0.144. The first-order valence-electron chi connectivity index (χ1n) is 10.2.